The highest BCUT2D eigenvalue weighted by Crippen LogP contribution is 2.62. The molecule has 30 heavy (non-hydrogen) atoms. The van der Waals surface area contributed by atoms with Crippen LogP contribution in [-0.2, 0) is 20.9 Å². The number of rotatable bonds is 5. The van der Waals surface area contributed by atoms with E-state index in [9.17, 15) is 14.4 Å². The largest absolute Gasteiger partial charge is 0.469 e. The summed E-state index contributed by atoms with van der Waals surface area (Å²) in [6.07, 6.45) is 7.17. The van der Waals surface area contributed by atoms with Crippen molar-refractivity contribution in [2.45, 2.75) is 57.0 Å². The van der Waals surface area contributed by atoms with Crippen LogP contribution in [-0.4, -0.2) is 34.1 Å². The fourth-order valence-electron chi connectivity index (χ4n) is 6.71. The molecule has 4 saturated carbocycles. The van der Waals surface area contributed by atoms with Gasteiger partial charge in [-0.2, -0.15) is 0 Å². The Morgan fingerprint density at radius 2 is 1.93 bits per heavy atom. The Kier molecular flexibility index (Phi) is 4.45. The third-order valence-electron chi connectivity index (χ3n) is 7.40. The fraction of sp³-hybridized carbons (Fsp3) is 0.565. The van der Waals surface area contributed by atoms with Gasteiger partial charge in [-0.05, 0) is 62.5 Å². The van der Waals surface area contributed by atoms with E-state index >= 15 is 0 Å². The topological polar surface area (TPSA) is 90.3 Å². The maximum absolute atomic E-state index is 12.9. The van der Waals surface area contributed by atoms with Gasteiger partial charge in [-0.15, -0.1) is 0 Å². The SMILES string of the molecule is COC(=O)C12CC3CC(CC(NC(=O)CCn4cnc5ccccc5c4=O)(C3)C1)C2. The van der Waals surface area contributed by atoms with Crippen LogP contribution in [0.4, 0.5) is 0 Å². The van der Waals surface area contributed by atoms with E-state index in [4.69, 9.17) is 4.74 Å². The molecule has 2 atom stereocenters. The Bertz CT molecular complexity index is 1060. The van der Waals surface area contributed by atoms with Gasteiger partial charge < -0.3 is 10.1 Å². The molecule has 7 heteroatoms. The third kappa shape index (κ3) is 3.11. The quantitative estimate of drug-likeness (QED) is 0.766. The fourth-order valence-corrected chi connectivity index (χ4v) is 6.71. The highest BCUT2D eigenvalue weighted by Gasteiger charge is 2.61. The summed E-state index contributed by atoms with van der Waals surface area (Å²) in [7, 11) is 1.46. The van der Waals surface area contributed by atoms with Gasteiger partial charge >= 0.3 is 5.97 Å². The van der Waals surface area contributed by atoms with Gasteiger partial charge in [-0.3, -0.25) is 19.0 Å². The number of hydrogen-bond acceptors (Lipinski definition) is 5. The molecule has 4 fully saturated rings. The molecule has 0 aliphatic heterocycles. The van der Waals surface area contributed by atoms with Gasteiger partial charge in [-0.25, -0.2) is 4.98 Å². The number of carbonyl (C=O) groups is 2. The average molecular weight is 409 g/mol. The summed E-state index contributed by atoms with van der Waals surface area (Å²) in [5.41, 5.74) is -0.231. The van der Waals surface area contributed by atoms with Crippen molar-refractivity contribution in [3.05, 3.63) is 40.9 Å². The Labute approximate surface area is 174 Å². The number of hydrogen-bond donors (Lipinski definition) is 1. The van der Waals surface area contributed by atoms with Crippen LogP contribution in [0.15, 0.2) is 35.4 Å². The molecule has 158 valence electrons. The molecule has 1 aromatic carbocycles. The molecule has 0 saturated heterocycles. The van der Waals surface area contributed by atoms with Crippen molar-refractivity contribution in [1.29, 1.82) is 0 Å². The smallest absolute Gasteiger partial charge is 0.311 e. The maximum atomic E-state index is 12.9. The van der Waals surface area contributed by atoms with Crippen LogP contribution in [0.25, 0.3) is 10.9 Å². The lowest BCUT2D eigenvalue weighted by Gasteiger charge is -2.60. The summed E-state index contributed by atoms with van der Waals surface area (Å²) in [6, 6.07) is 7.21. The molecule has 2 unspecified atom stereocenters. The van der Waals surface area contributed by atoms with Crippen LogP contribution in [0.1, 0.15) is 44.9 Å². The van der Waals surface area contributed by atoms with E-state index < -0.39 is 5.41 Å². The van der Waals surface area contributed by atoms with Gasteiger partial charge in [0.25, 0.3) is 5.56 Å². The van der Waals surface area contributed by atoms with Gasteiger partial charge in [0, 0.05) is 18.5 Å². The van der Waals surface area contributed by atoms with E-state index in [0.717, 1.165) is 32.1 Å². The predicted octanol–water partition coefficient (Wildman–Crippen LogP) is 2.41. The molecule has 1 heterocycles. The highest BCUT2D eigenvalue weighted by atomic mass is 16.5. The molecule has 0 spiro atoms. The van der Waals surface area contributed by atoms with Crippen molar-refractivity contribution in [1.82, 2.24) is 14.9 Å². The lowest BCUT2D eigenvalue weighted by atomic mass is 9.47. The molecule has 7 nitrogen and oxygen atoms in total. The molecule has 4 bridgehead atoms. The summed E-state index contributed by atoms with van der Waals surface area (Å²) < 4.78 is 6.64. The minimum absolute atomic E-state index is 0.0722. The molecule has 6 rings (SSSR count). The van der Waals surface area contributed by atoms with E-state index in [2.05, 4.69) is 10.3 Å². The Hall–Kier alpha value is -2.70. The first-order valence-corrected chi connectivity index (χ1v) is 10.8. The van der Waals surface area contributed by atoms with Crippen LogP contribution in [0.2, 0.25) is 0 Å². The number of ether oxygens (including phenoxy) is 1. The summed E-state index contributed by atoms with van der Waals surface area (Å²) in [5.74, 6) is 0.747. The van der Waals surface area contributed by atoms with E-state index in [1.54, 1.807) is 12.1 Å². The van der Waals surface area contributed by atoms with Crippen LogP contribution < -0.4 is 10.9 Å². The van der Waals surface area contributed by atoms with E-state index in [-0.39, 0.29) is 35.9 Å². The number of para-hydroxylation sites is 1. The van der Waals surface area contributed by atoms with Crippen LogP contribution in [0.3, 0.4) is 0 Å². The van der Waals surface area contributed by atoms with E-state index in [1.807, 2.05) is 12.1 Å². The molecule has 1 N–H and O–H groups in total. The number of nitrogens with one attached hydrogen (secondary N) is 1. The molecular weight excluding hydrogens is 382 g/mol. The first kappa shape index (κ1) is 19.3. The third-order valence-corrected chi connectivity index (χ3v) is 7.40. The Morgan fingerprint density at radius 3 is 2.67 bits per heavy atom. The number of benzene rings is 1. The van der Waals surface area contributed by atoms with Gasteiger partial charge in [0.1, 0.15) is 0 Å². The lowest BCUT2D eigenvalue weighted by molar-refractivity contribution is -0.173. The molecule has 1 aromatic heterocycles. The number of aromatic nitrogens is 2. The van der Waals surface area contributed by atoms with Gasteiger partial charge in [0.05, 0.1) is 29.8 Å². The van der Waals surface area contributed by atoms with Crippen molar-refractivity contribution in [3.8, 4) is 0 Å². The number of methoxy groups -OCH3 is 1. The highest BCUT2D eigenvalue weighted by molar-refractivity contribution is 5.80. The van der Waals surface area contributed by atoms with E-state index in [1.165, 1.54) is 18.0 Å². The number of fused-ring (bicyclic) bond motifs is 1. The number of esters is 1. The first-order chi connectivity index (χ1) is 14.4. The zero-order valence-electron chi connectivity index (χ0n) is 17.2. The van der Waals surface area contributed by atoms with Crippen LogP contribution >= 0.6 is 0 Å². The summed E-state index contributed by atoms with van der Waals surface area (Å²) in [4.78, 5) is 42.4. The lowest BCUT2D eigenvalue weighted by Crippen LogP contribution is -2.65. The number of carbonyl (C=O) groups excluding carboxylic acids is 2. The maximum Gasteiger partial charge on any atom is 0.311 e. The summed E-state index contributed by atoms with van der Waals surface area (Å²) >= 11 is 0. The average Bonchev–Trinajstić information content (AvgIpc) is 2.71. The van der Waals surface area contributed by atoms with Gasteiger partial charge in [0.15, 0.2) is 0 Å². The van der Waals surface area contributed by atoms with Crippen LogP contribution in [0.5, 0.6) is 0 Å². The minimum Gasteiger partial charge on any atom is -0.469 e. The second-order valence-electron chi connectivity index (χ2n) is 9.57. The number of aryl methyl sites for hydroxylation is 1. The molecule has 4 aliphatic carbocycles. The number of nitrogens with zero attached hydrogens (tertiary/aromatic N) is 2. The normalized spacial score (nSPS) is 31.6. The van der Waals surface area contributed by atoms with Crippen molar-refractivity contribution >= 4 is 22.8 Å². The van der Waals surface area contributed by atoms with Crippen molar-refractivity contribution in [2.24, 2.45) is 17.3 Å². The monoisotopic (exact) mass is 409 g/mol. The van der Waals surface area contributed by atoms with Crippen molar-refractivity contribution in [3.63, 3.8) is 0 Å². The zero-order chi connectivity index (χ0) is 20.9. The van der Waals surface area contributed by atoms with Gasteiger partial charge in [-0.1, -0.05) is 12.1 Å². The summed E-state index contributed by atoms with van der Waals surface area (Å²) in [6.45, 7) is 0.285. The van der Waals surface area contributed by atoms with E-state index in [0.29, 0.717) is 29.2 Å². The molecular formula is C23H27N3O4. The predicted molar refractivity (Wildman–Crippen MR) is 111 cm³/mol. The van der Waals surface area contributed by atoms with Gasteiger partial charge in [0.2, 0.25) is 5.91 Å². The van der Waals surface area contributed by atoms with Crippen molar-refractivity contribution in [2.75, 3.05) is 7.11 Å². The Morgan fingerprint density at radius 1 is 1.20 bits per heavy atom. The molecule has 2 aromatic rings. The standard InChI is InChI=1S/C23H27N3O4/c1-30-21(29)22-9-15-8-16(10-22)12-23(11-15,13-22)25-19(27)6-7-26-14-24-18-5-3-2-4-17(18)20(26)28/h2-5,14-16H,6-13H2,1H3,(H,25,27). The Balaban J connectivity index is 1.30. The first-order valence-electron chi connectivity index (χ1n) is 10.8. The molecule has 0 radical (unpaired) electrons. The second-order valence-corrected chi connectivity index (χ2v) is 9.57. The zero-order valence-corrected chi connectivity index (χ0v) is 17.2. The number of amides is 1. The minimum atomic E-state index is -0.439. The molecule has 4 aliphatic rings. The second kappa shape index (κ2) is 6.93. The molecule has 1 amide bonds. The summed E-state index contributed by atoms with van der Waals surface area (Å²) in [5, 5.41) is 3.83. The van der Waals surface area contributed by atoms with Crippen molar-refractivity contribution < 1.29 is 14.3 Å². The van der Waals surface area contributed by atoms with Crippen LogP contribution in [0, 0.1) is 17.3 Å².